The summed E-state index contributed by atoms with van der Waals surface area (Å²) in [4.78, 5) is 0. The first-order valence-electron chi connectivity index (χ1n) is 1.02. The maximum absolute atomic E-state index is 7.57. The van der Waals surface area contributed by atoms with Crippen LogP contribution in [0.25, 0.3) is 0 Å². The summed E-state index contributed by atoms with van der Waals surface area (Å²) in [6, 6.07) is 0. The van der Waals surface area contributed by atoms with Crippen molar-refractivity contribution in [3.63, 3.8) is 0 Å². The molecule has 0 radical (unpaired) electrons. The Hall–Kier alpha value is 1.62. The van der Waals surface area contributed by atoms with Gasteiger partial charge in [-0.25, -0.2) is 0 Å². The summed E-state index contributed by atoms with van der Waals surface area (Å²) >= 11 is 0. The maximum atomic E-state index is 7.57. The van der Waals surface area contributed by atoms with Crippen molar-refractivity contribution >= 4 is 53.6 Å². The van der Waals surface area contributed by atoms with Gasteiger partial charge in [0.25, 0.3) is 0 Å². The fourth-order valence-electron chi connectivity index (χ4n) is 0. The third kappa shape index (κ3) is 45.6. The van der Waals surface area contributed by atoms with E-state index in [2.05, 4.69) is 0 Å². The average Bonchev–Trinajstić information content (AvgIpc) is 0.918. The predicted molar refractivity (Wildman–Crippen MR) is 39.8 cm³/mol. The molecule has 0 aromatic rings. The fourth-order valence-corrected chi connectivity index (χ4v) is 0. The summed E-state index contributed by atoms with van der Waals surface area (Å²) in [5, 5.41) is 7.57. The number of hydrogen-bond donors (Lipinski definition) is 1. The average molecular weight is 114 g/mol. The van der Waals surface area contributed by atoms with Gasteiger partial charge < -0.3 is 5.11 Å². The second kappa shape index (κ2) is 30.4. The molecule has 1 nitrogen and oxygen atoms in total. The molecule has 0 aromatic heterocycles. The predicted octanol–water partition coefficient (Wildman–Crippen LogP) is -3.02. The van der Waals surface area contributed by atoms with E-state index in [1.807, 2.05) is 0 Å². The standard InChI is InChI=1S/C2H6O.2Al.Li.7H/c1-2-3;;;;;;;;;;/h3H,2H2,1H3;;;;;;;;;;. The van der Waals surface area contributed by atoms with E-state index < -0.39 is 0 Å². The monoisotopic (exact) mass is 114 g/mol. The van der Waals surface area contributed by atoms with Gasteiger partial charge in [0.1, 0.15) is 0 Å². The number of aliphatic hydroxyl groups excluding tert-OH is 1. The molecule has 0 atom stereocenters. The van der Waals surface area contributed by atoms with E-state index in [1.165, 1.54) is 0 Å². The molecule has 0 unspecified atom stereocenters. The molecule has 0 aliphatic heterocycles. The summed E-state index contributed by atoms with van der Waals surface area (Å²) in [6.07, 6.45) is 0. The first-order chi connectivity index (χ1) is 1.41. The molecule has 4 heteroatoms. The SMILES string of the molecule is CCO.[AlH3].[AlH3].[LiH]. The topological polar surface area (TPSA) is 20.2 Å². The van der Waals surface area contributed by atoms with Crippen molar-refractivity contribution in [1.82, 2.24) is 0 Å². The van der Waals surface area contributed by atoms with E-state index >= 15 is 0 Å². The van der Waals surface area contributed by atoms with Gasteiger partial charge in [-0.05, 0) is 6.92 Å². The van der Waals surface area contributed by atoms with Crippen LogP contribution >= 0.6 is 0 Å². The van der Waals surface area contributed by atoms with Gasteiger partial charge in [0.2, 0.25) is 0 Å². The van der Waals surface area contributed by atoms with Gasteiger partial charge in [-0.15, -0.1) is 0 Å². The fraction of sp³-hybridized carbons (Fsp3) is 1.00. The third-order valence-corrected chi connectivity index (χ3v) is 0. The van der Waals surface area contributed by atoms with Gasteiger partial charge in [-0.2, -0.15) is 0 Å². The summed E-state index contributed by atoms with van der Waals surface area (Å²) in [5.74, 6) is 0. The molecule has 0 aliphatic carbocycles. The molecule has 0 spiro atoms. The van der Waals surface area contributed by atoms with Crippen LogP contribution in [0.4, 0.5) is 0 Å². The van der Waals surface area contributed by atoms with Crippen LogP contribution in [0.15, 0.2) is 0 Å². The van der Waals surface area contributed by atoms with Gasteiger partial charge in [-0.1, -0.05) is 0 Å². The third-order valence-electron chi connectivity index (χ3n) is 0. The van der Waals surface area contributed by atoms with E-state index in [9.17, 15) is 0 Å². The normalized spacial score (nSPS) is 3.00. The molecular formula is C2H13Al2LiO. The summed E-state index contributed by atoms with van der Waals surface area (Å²) in [7, 11) is 0. The van der Waals surface area contributed by atoms with E-state index in [0.717, 1.165) is 0 Å². The Balaban J connectivity index is -0.00000000667. The van der Waals surface area contributed by atoms with Crippen LogP contribution < -0.4 is 0 Å². The van der Waals surface area contributed by atoms with Crippen molar-refractivity contribution in [2.24, 2.45) is 0 Å². The minimum absolute atomic E-state index is 0. The van der Waals surface area contributed by atoms with Gasteiger partial charge in [0.05, 0.1) is 0 Å². The van der Waals surface area contributed by atoms with Gasteiger partial charge in [0, 0.05) is 6.61 Å². The number of hydrogen-bond acceptors (Lipinski definition) is 1. The van der Waals surface area contributed by atoms with E-state index in [0.29, 0.717) is 0 Å². The second-order valence-electron chi connectivity index (χ2n) is 0.316. The number of aliphatic hydroxyl groups is 1. The molecule has 0 saturated carbocycles. The Morgan fingerprint density at radius 3 is 1.33 bits per heavy atom. The Labute approximate surface area is 71.9 Å². The first kappa shape index (κ1) is 25.5. The van der Waals surface area contributed by atoms with Crippen molar-refractivity contribution in [2.75, 3.05) is 6.61 Å². The van der Waals surface area contributed by atoms with Crippen LogP contribution in [0, 0.1) is 0 Å². The molecule has 1 N–H and O–H groups in total. The first-order valence-corrected chi connectivity index (χ1v) is 1.02. The van der Waals surface area contributed by atoms with Crippen LogP contribution in [-0.2, 0) is 0 Å². The molecule has 0 bridgehead atoms. The Kier molecular flexibility index (Phi) is 129. The molecule has 6 heavy (non-hydrogen) atoms. The second-order valence-corrected chi connectivity index (χ2v) is 0.316. The minimum atomic E-state index is 0. The van der Waals surface area contributed by atoms with Crippen LogP contribution in [0.2, 0.25) is 0 Å². The zero-order valence-corrected chi connectivity index (χ0v) is 2.15. The Bertz CT molecular complexity index is 11.5. The van der Waals surface area contributed by atoms with E-state index in [-0.39, 0.29) is 60.2 Å². The van der Waals surface area contributed by atoms with Crippen molar-refractivity contribution < 1.29 is 5.11 Å². The van der Waals surface area contributed by atoms with Crippen molar-refractivity contribution in [3.05, 3.63) is 0 Å². The molecular weight excluding hydrogens is 101 g/mol. The molecule has 34 valence electrons. The van der Waals surface area contributed by atoms with Crippen molar-refractivity contribution in [1.29, 1.82) is 0 Å². The molecule has 0 saturated heterocycles. The van der Waals surface area contributed by atoms with Crippen LogP contribution in [0.3, 0.4) is 0 Å². The molecule has 0 fully saturated rings. The van der Waals surface area contributed by atoms with E-state index in [4.69, 9.17) is 5.11 Å². The molecule has 0 rings (SSSR count). The van der Waals surface area contributed by atoms with Crippen LogP contribution in [-0.4, -0.2) is 65.3 Å². The van der Waals surface area contributed by atoms with Crippen LogP contribution in [0.1, 0.15) is 6.92 Å². The Morgan fingerprint density at radius 1 is 1.33 bits per heavy atom. The van der Waals surface area contributed by atoms with Crippen LogP contribution in [0.5, 0.6) is 0 Å². The van der Waals surface area contributed by atoms with Gasteiger partial charge in [0.15, 0.2) is 34.7 Å². The molecule has 0 heterocycles. The molecule has 0 amide bonds. The van der Waals surface area contributed by atoms with Crippen molar-refractivity contribution in [3.8, 4) is 0 Å². The number of rotatable bonds is 0. The van der Waals surface area contributed by atoms with E-state index in [1.54, 1.807) is 6.92 Å². The summed E-state index contributed by atoms with van der Waals surface area (Å²) < 4.78 is 0. The zero-order chi connectivity index (χ0) is 2.71. The van der Waals surface area contributed by atoms with Gasteiger partial charge in [-0.3, -0.25) is 0 Å². The van der Waals surface area contributed by atoms with Gasteiger partial charge >= 0.3 is 18.9 Å². The summed E-state index contributed by atoms with van der Waals surface area (Å²) in [6.45, 7) is 1.93. The van der Waals surface area contributed by atoms with Crippen molar-refractivity contribution in [2.45, 2.75) is 6.92 Å². The zero-order valence-electron chi connectivity index (χ0n) is 2.15. The summed E-state index contributed by atoms with van der Waals surface area (Å²) in [5.41, 5.74) is 0. The quantitative estimate of drug-likeness (QED) is 0.332. The Morgan fingerprint density at radius 2 is 1.33 bits per heavy atom. The molecule has 0 aromatic carbocycles. The molecule has 0 aliphatic rings.